The van der Waals surface area contributed by atoms with Crippen molar-refractivity contribution in [2.75, 3.05) is 5.32 Å². The van der Waals surface area contributed by atoms with Crippen LogP contribution in [-0.4, -0.2) is 14.4 Å². The fourth-order valence-corrected chi connectivity index (χ4v) is 4.29. The van der Waals surface area contributed by atoms with Crippen molar-refractivity contribution in [1.29, 1.82) is 0 Å². The standard InChI is InChI=1S/C18H22N2O4S/c1-3-12-11-13-7-5-8-15(13)17(14(12)4-2)19-18(21)20-25(22,23)16-9-6-10-24-16/h6,9-11H,3-5,7-8H2,1-2H3,(H2,19,20,21). The molecule has 1 heterocycles. The van der Waals surface area contributed by atoms with E-state index in [0.29, 0.717) is 0 Å². The minimum Gasteiger partial charge on any atom is -0.451 e. The van der Waals surface area contributed by atoms with E-state index in [2.05, 4.69) is 18.3 Å². The number of anilines is 1. The molecule has 0 radical (unpaired) electrons. The number of benzene rings is 1. The van der Waals surface area contributed by atoms with Gasteiger partial charge in [-0.25, -0.2) is 9.52 Å². The number of aryl methyl sites for hydroxylation is 2. The molecule has 3 rings (SSSR count). The molecular weight excluding hydrogens is 340 g/mol. The summed E-state index contributed by atoms with van der Waals surface area (Å²) < 4.78 is 31.2. The normalized spacial score (nSPS) is 13.5. The Morgan fingerprint density at radius 1 is 1.24 bits per heavy atom. The monoisotopic (exact) mass is 362 g/mol. The maximum Gasteiger partial charge on any atom is 0.333 e. The van der Waals surface area contributed by atoms with E-state index in [1.54, 1.807) is 0 Å². The van der Waals surface area contributed by atoms with Crippen molar-refractivity contribution >= 4 is 21.7 Å². The Balaban J connectivity index is 1.90. The van der Waals surface area contributed by atoms with Gasteiger partial charge in [-0.15, -0.1) is 0 Å². The van der Waals surface area contributed by atoms with Gasteiger partial charge in [-0.1, -0.05) is 19.9 Å². The number of carbonyl (C=O) groups excluding carboxylic acids is 1. The highest BCUT2D eigenvalue weighted by molar-refractivity contribution is 7.89. The van der Waals surface area contributed by atoms with Crippen molar-refractivity contribution in [1.82, 2.24) is 4.72 Å². The number of hydrogen-bond donors (Lipinski definition) is 2. The smallest absolute Gasteiger partial charge is 0.333 e. The fraction of sp³-hybridized carbons (Fsp3) is 0.389. The number of rotatable bonds is 5. The second-order valence-corrected chi connectivity index (χ2v) is 7.69. The first kappa shape index (κ1) is 17.5. The summed E-state index contributed by atoms with van der Waals surface area (Å²) >= 11 is 0. The van der Waals surface area contributed by atoms with Gasteiger partial charge < -0.3 is 9.73 Å². The molecule has 0 saturated heterocycles. The van der Waals surface area contributed by atoms with E-state index in [-0.39, 0.29) is 5.09 Å². The van der Waals surface area contributed by atoms with Crippen LogP contribution in [0.4, 0.5) is 10.5 Å². The lowest BCUT2D eigenvalue weighted by Gasteiger charge is -2.19. The largest absolute Gasteiger partial charge is 0.451 e. The Hall–Kier alpha value is -2.28. The number of fused-ring (bicyclic) bond motifs is 1. The molecule has 7 heteroatoms. The lowest BCUT2D eigenvalue weighted by Crippen LogP contribution is -2.34. The van der Waals surface area contributed by atoms with Crippen LogP contribution in [0.2, 0.25) is 0 Å². The Bertz CT molecular complexity index is 886. The van der Waals surface area contributed by atoms with E-state index >= 15 is 0 Å². The van der Waals surface area contributed by atoms with Crippen LogP contribution in [0.5, 0.6) is 0 Å². The molecule has 134 valence electrons. The SMILES string of the molecule is CCc1cc2c(c(NC(=O)NS(=O)(=O)c3ccco3)c1CC)CCC2. The predicted molar refractivity (Wildman–Crippen MR) is 95.3 cm³/mol. The van der Waals surface area contributed by atoms with Crippen molar-refractivity contribution in [2.24, 2.45) is 0 Å². The number of hydrogen-bond acceptors (Lipinski definition) is 4. The summed E-state index contributed by atoms with van der Waals surface area (Å²) in [4.78, 5) is 12.3. The third kappa shape index (κ3) is 3.42. The zero-order chi connectivity index (χ0) is 18.0. The Labute approximate surface area is 147 Å². The molecule has 0 spiro atoms. The van der Waals surface area contributed by atoms with Crippen LogP contribution in [-0.2, 0) is 35.7 Å². The van der Waals surface area contributed by atoms with Gasteiger partial charge in [0.2, 0.25) is 5.09 Å². The van der Waals surface area contributed by atoms with Crippen molar-refractivity contribution in [3.8, 4) is 0 Å². The topological polar surface area (TPSA) is 88.4 Å². The summed E-state index contributed by atoms with van der Waals surface area (Å²) in [6.07, 6.45) is 5.83. The van der Waals surface area contributed by atoms with Gasteiger partial charge in [0.25, 0.3) is 10.0 Å². The van der Waals surface area contributed by atoms with Gasteiger partial charge in [-0.2, -0.15) is 8.42 Å². The first-order chi connectivity index (χ1) is 12.0. The lowest BCUT2D eigenvalue weighted by molar-refractivity contribution is 0.256. The first-order valence-corrected chi connectivity index (χ1v) is 9.98. The van der Waals surface area contributed by atoms with Crippen LogP contribution in [0, 0.1) is 0 Å². The molecule has 1 aliphatic carbocycles. The van der Waals surface area contributed by atoms with Crippen molar-refractivity contribution in [2.45, 2.75) is 51.0 Å². The molecule has 0 unspecified atom stereocenters. The van der Waals surface area contributed by atoms with E-state index in [0.717, 1.165) is 48.9 Å². The van der Waals surface area contributed by atoms with Crippen molar-refractivity contribution in [3.63, 3.8) is 0 Å². The summed E-state index contributed by atoms with van der Waals surface area (Å²) in [7, 11) is -4.01. The highest BCUT2D eigenvalue weighted by Gasteiger charge is 2.24. The van der Waals surface area contributed by atoms with Crippen molar-refractivity contribution in [3.05, 3.63) is 46.7 Å². The molecular formula is C18H22N2O4S. The molecule has 1 aliphatic rings. The molecule has 0 fully saturated rings. The van der Waals surface area contributed by atoms with Gasteiger partial charge in [-0.3, -0.25) is 0 Å². The molecule has 0 atom stereocenters. The summed E-state index contributed by atoms with van der Waals surface area (Å²) in [5.74, 6) is 0. The molecule has 6 nitrogen and oxygen atoms in total. The van der Waals surface area contributed by atoms with Crippen LogP contribution in [0.1, 0.15) is 42.5 Å². The van der Waals surface area contributed by atoms with E-state index in [9.17, 15) is 13.2 Å². The van der Waals surface area contributed by atoms with Crippen molar-refractivity contribution < 1.29 is 17.6 Å². The van der Waals surface area contributed by atoms with E-state index in [1.165, 1.54) is 29.5 Å². The number of nitrogens with one attached hydrogen (secondary N) is 2. The van der Waals surface area contributed by atoms with Gasteiger partial charge in [0.05, 0.1) is 6.26 Å². The van der Waals surface area contributed by atoms with Gasteiger partial charge in [0.15, 0.2) is 0 Å². The number of furan rings is 1. The van der Waals surface area contributed by atoms with Gasteiger partial charge in [0.1, 0.15) is 0 Å². The molecule has 0 saturated carbocycles. The second-order valence-electron chi connectivity index (χ2n) is 6.08. The van der Waals surface area contributed by atoms with Gasteiger partial charge in [0, 0.05) is 5.69 Å². The lowest BCUT2D eigenvalue weighted by atomic mass is 9.94. The maximum atomic E-state index is 12.3. The highest BCUT2D eigenvalue weighted by Crippen LogP contribution is 2.35. The number of sulfonamides is 1. The molecule has 2 N–H and O–H groups in total. The first-order valence-electron chi connectivity index (χ1n) is 8.50. The maximum absolute atomic E-state index is 12.3. The van der Waals surface area contributed by atoms with Crippen LogP contribution in [0.15, 0.2) is 34.0 Å². The van der Waals surface area contributed by atoms with Crippen LogP contribution >= 0.6 is 0 Å². The molecule has 0 aliphatic heterocycles. The molecule has 1 aromatic heterocycles. The highest BCUT2D eigenvalue weighted by atomic mass is 32.2. The minimum atomic E-state index is -4.01. The van der Waals surface area contributed by atoms with E-state index in [1.807, 2.05) is 11.6 Å². The zero-order valence-corrected chi connectivity index (χ0v) is 15.2. The van der Waals surface area contributed by atoms with Gasteiger partial charge >= 0.3 is 6.03 Å². The Morgan fingerprint density at radius 3 is 2.68 bits per heavy atom. The summed E-state index contributed by atoms with van der Waals surface area (Å²) in [5, 5.41) is 2.50. The molecule has 0 bridgehead atoms. The average molecular weight is 362 g/mol. The van der Waals surface area contributed by atoms with E-state index in [4.69, 9.17) is 4.42 Å². The number of carbonyl (C=O) groups is 1. The van der Waals surface area contributed by atoms with Gasteiger partial charge in [-0.05, 0) is 66.5 Å². The Morgan fingerprint density at radius 2 is 2.04 bits per heavy atom. The zero-order valence-electron chi connectivity index (χ0n) is 14.4. The summed E-state index contributed by atoms with van der Waals surface area (Å²) in [6, 6.07) is 4.21. The minimum absolute atomic E-state index is 0.286. The third-order valence-corrected chi connectivity index (χ3v) is 5.78. The fourth-order valence-electron chi connectivity index (χ4n) is 3.45. The molecule has 25 heavy (non-hydrogen) atoms. The summed E-state index contributed by atoms with van der Waals surface area (Å²) in [6.45, 7) is 4.12. The average Bonchev–Trinajstić information content (AvgIpc) is 3.25. The van der Waals surface area contributed by atoms with E-state index < -0.39 is 16.1 Å². The number of amides is 2. The molecule has 2 amide bonds. The van der Waals surface area contributed by atoms with Crippen LogP contribution in [0.3, 0.4) is 0 Å². The van der Waals surface area contributed by atoms with Crippen LogP contribution < -0.4 is 10.0 Å². The predicted octanol–water partition coefficient (Wildman–Crippen LogP) is 3.40. The molecule has 2 aromatic rings. The summed E-state index contributed by atoms with van der Waals surface area (Å²) in [5.41, 5.74) is 5.42. The third-order valence-electron chi connectivity index (χ3n) is 4.56. The van der Waals surface area contributed by atoms with Crippen LogP contribution in [0.25, 0.3) is 0 Å². The molecule has 1 aromatic carbocycles. The quantitative estimate of drug-likeness (QED) is 0.853. The Kier molecular flexibility index (Phi) is 4.85. The number of urea groups is 1. The second kappa shape index (κ2) is 6.92.